The van der Waals surface area contributed by atoms with Crippen molar-refractivity contribution in [1.29, 1.82) is 0 Å². The van der Waals surface area contributed by atoms with E-state index in [1.54, 1.807) is 0 Å². The van der Waals surface area contributed by atoms with E-state index >= 15 is 0 Å². The molecule has 17 heteroatoms. The Morgan fingerprint density at radius 1 is 0.850 bits per heavy atom. The number of alkyl halides is 6. The molecule has 4 rings (SSSR count). The van der Waals surface area contributed by atoms with Gasteiger partial charge >= 0.3 is 36.2 Å². The van der Waals surface area contributed by atoms with Crippen molar-refractivity contribution in [2.24, 2.45) is 10.8 Å². The van der Waals surface area contributed by atoms with Gasteiger partial charge in [0.05, 0.1) is 16.3 Å². The second-order valence-corrected chi connectivity index (χ2v) is 9.37. The summed E-state index contributed by atoms with van der Waals surface area (Å²) in [5.41, 5.74) is 0.907. The second kappa shape index (κ2) is 10.8. The van der Waals surface area contributed by atoms with E-state index in [0.29, 0.717) is 17.6 Å². The molecule has 0 bridgehead atoms. The zero-order valence-corrected chi connectivity index (χ0v) is 20.6. The molecule has 2 heterocycles. The number of carbonyl (C=O) groups is 4. The van der Waals surface area contributed by atoms with Crippen molar-refractivity contribution >= 4 is 34.8 Å². The van der Waals surface area contributed by atoms with Gasteiger partial charge in [-0.15, -0.1) is 0 Å². The molecule has 11 nitrogen and oxygen atoms in total. The summed E-state index contributed by atoms with van der Waals surface area (Å²) in [5.74, 6) is -7.62. The standard InChI is InChI=1S/C19H20N2O5.2C2HF3O2/c1-10-3-11(2)15-13(4-10)14(22)5-12(20-15)6-21-8-18(16(23)24)7-19(18,9-21)17(25)26;2*3-2(4,5)1(6)7/h3-5H,6-9H2,1-2H3,(H,20,22)(H,23,24)(H,25,26);2*(H,6,7)/t18-,19+;;. The number of aromatic nitrogens is 1. The third kappa shape index (κ3) is 6.52. The molecule has 0 radical (unpaired) electrons. The second-order valence-electron chi connectivity index (χ2n) is 9.37. The first-order valence-electron chi connectivity index (χ1n) is 11.0. The molecule has 1 aliphatic heterocycles. The smallest absolute Gasteiger partial charge is 0.481 e. The maximum atomic E-state index is 12.5. The van der Waals surface area contributed by atoms with Crippen LogP contribution in [-0.4, -0.2) is 79.6 Å². The number of aromatic amines is 1. The Morgan fingerprint density at radius 3 is 1.65 bits per heavy atom. The quantitative estimate of drug-likeness (QED) is 0.335. The summed E-state index contributed by atoms with van der Waals surface area (Å²) in [5, 5.41) is 33.9. The van der Waals surface area contributed by atoms with Crippen molar-refractivity contribution in [3.8, 4) is 0 Å². The highest BCUT2D eigenvalue weighted by Gasteiger charge is 2.80. The van der Waals surface area contributed by atoms with Crippen LogP contribution in [0.4, 0.5) is 26.3 Å². The third-order valence-electron chi connectivity index (χ3n) is 6.42. The van der Waals surface area contributed by atoms with Gasteiger partial charge in [-0.25, -0.2) is 9.59 Å². The fourth-order valence-corrected chi connectivity index (χ4v) is 4.60. The van der Waals surface area contributed by atoms with E-state index < -0.39 is 47.1 Å². The maximum absolute atomic E-state index is 12.5. The van der Waals surface area contributed by atoms with Gasteiger partial charge in [0, 0.05) is 36.8 Å². The minimum absolute atomic E-state index is 0.0918. The van der Waals surface area contributed by atoms with Gasteiger partial charge in [0.2, 0.25) is 0 Å². The van der Waals surface area contributed by atoms with Crippen LogP contribution in [0, 0.1) is 24.7 Å². The molecule has 0 amide bonds. The van der Waals surface area contributed by atoms with E-state index in [4.69, 9.17) is 19.8 Å². The van der Waals surface area contributed by atoms with E-state index in [9.17, 15) is 50.9 Å². The number of fused-ring (bicyclic) bond motifs is 2. The van der Waals surface area contributed by atoms with Crippen LogP contribution >= 0.6 is 0 Å². The molecular formula is C23H22F6N2O9. The Bertz CT molecular complexity index is 1370. The fraction of sp³-hybridized carbons (Fsp3) is 0.435. The monoisotopic (exact) mass is 584 g/mol. The van der Waals surface area contributed by atoms with Crippen molar-refractivity contribution in [1.82, 2.24) is 9.88 Å². The molecule has 0 unspecified atom stereocenters. The summed E-state index contributed by atoms with van der Waals surface area (Å²) in [4.78, 5) is 58.6. The number of pyridine rings is 1. The van der Waals surface area contributed by atoms with Gasteiger partial charge in [-0.05, 0) is 37.5 Å². The summed E-state index contributed by atoms with van der Waals surface area (Å²) >= 11 is 0. The molecule has 1 saturated carbocycles. The lowest BCUT2D eigenvalue weighted by Crippen LogP contribution is -2.29. The molecular weight excluding hydrogens is 562 g/mol. The average Bonchev–Trinajstić information content (AvgIpc) is 3.32. The van der Waals surface area contributed by atoms with Crippen LogP contribution in [0.5, 0.6) is 0 Å². The molecule has 1 aromatic heterocycles. The van der Waals surface area contributed by atoms with E-state index in [0.717, 1.165) is 16.6 Å². The molecule has 5 N–H and O–H groups in total. The SMILES string of the molecule is Cc1cc(C)c2[nH]c(CN3C[C@@]4(C(=O)O)C[C@@]4(C(=O)O)C3)cc(=O)c2c1.O=C(O)C(F)(F)F.O=C(O)C(F)(F)F. The van der Waals surface area contributed by atoms with Crippen LogP contribution < -0.4 is 5.43 Å². The number of benzene rings is 1. The molecule has 40 heavy (non-hydrogen) atoms. The van der Waals surface area contributed by atoms with Gasteiger partial charge in [0.25, 0.3) is 0 Å². The minimum Gasteiger partial charge on any atom is -0.481 e. The Balaban J connectivity index is 0.000000333. The predicted molar refractivity (Wildman–Crippen MR) is 121 cm³/mol. The van der Waals surface area contributed by atoms with Crippen LogP contribution in [0.1, 0.15) is 23.2 Å². The number of nitrogens with one attached hydrogen (secondary N) is 1. The number of hydrogen-bond acceptors (Lipinski definition) is 6. The normalized spacial score (nSPS) is 21.8. The minimum atomic E-state index is -5.08. The Labute approximate surface area is 219 Å². The lowest BCUT2D eigenvalue weighted by atomic mass is 9.97. The summed E-state index contributed by atoms with van der Waals surface area (Å²) in [7, 11) is 0. The van der Waals surface area contributed by atoms with Crippen LogP contribution in [0.2, 0.25) is 0 Å². The molecule has 2 atom stereocenters. The van der Waals surface area contributed by atoms with Gasteiger partial charge in [0.1, 0.15) is 0 Å². The predicted octanol–water partition coefficient (Wildman–Crippen LogP) is 2.77. The molecule has 1 aliphatic carbocycles. The molecule has 2 fully saturated rings. The number of hydrogen-bond donors (Lipinski definition) is 5. The maximum Gasteiger partial charge on any atom is 0.490 e. The zero-order valence-electron chi connectivity index (χ0n) is 20.6. The van der Waals surface area contributed by atoms with Crippen molar-refractivity contribution in [2.45, 2.75) is 39.2 Å². The average molecular weight is 584 g/mol. The summed E-state index contributed by atoms with van der Waals surface area (Å²) in [6.45, 7) is 4.55. The van der Waals surface area contributed by atoms with Crippen LogP contribution in [0.3, 0.4) is 0 Å². The first-order valence-corrected chi connectivity index (χ1v) is 11.0. The zero-order chi connectivity index (χ0) is 31.0. The number of aliphatic carboxylic acids is 4. The van der Waals surface area contributed by atoms with Crippen molar-refractivity contribution in [3.05, 3.63) is 45.2 Å². The number of halogens is 6. The van der Waals surface area contributed by atoms with Gasteiger partial charge < -0.3 is 25.4 Å². The molecule has 2 aromatic rings. The first kappa shape index (κ1) is 32.1. The van der Waals surface area contributed by atoms with Gasteiger partial charge in [-0.3, -0.25) is 19.3 Å². The highest BCUT2D eigenvalue weighted by molar-refractivity contribution is 5.94. The molecule has 1 aromatic carbocycles. The number of carboxylic acids is 4. The van der Waals surface area contributed by atoms with Crippen molar-refractivity contribution in [3.63, 3.8) is 0 Å². The van der Waals surface area contributed by atoms with E-state index in [1.807, 2.05) is 30.9 Å². The highest BCUT2D eigenvalue weighted by atomic mass is 19.4. The summed E-state index contributed by atoms with van der Waals surface area (Å²) in [6, 6.07) is 5.35. The topological polar surface area (TPSA) is 185 Å². The Morgan fingerprint density at radius 2 is 1.27 bits per heavy atom. The summed E-state index contributed by atoms with van der Waals surface area (Å²) in [6.07, 6.45) is -9.99. The number of piperidine rings is 1. The van der Waals surface area contributed by atoms with E-state index in [-0.39, 0.29) is 24.9 Å². The number of H-pyrrole nitrogens is 1. The number of aryl methyl sites for hydroxylation is 2. The molecule has 220 valence electrons. The van der Waals surface area contributed by atoms with Gasteiger partial charge in [0.15, 0.2) is 5.43 Å². The fourth-order valence-electron chi connectivity index (χ4n) is 4.60. The van der Waals surface area contributed by atoms with E-state index in [2.05, 4.69) is 4.98 Å². The van der Waals surface area contributed by atoms with Crippen LogP contribution in [0.25, 0.3) is 10.9 Å². The summed E-state index contributed by atoms with van der Waals surface area (Å²) < 4.78 is 63.5. The third-order valence-corrected chi connectivity index (χ3v) is 6.42. The molecule has 0 spiro atoms. The van der Waals surface area contributed by atoms with Crippen LogP contribution in [0.15, 0.2) is 23.0 Å². The lowest BCUT2D eigenvalue weighted by Gasteiger charge is -2.20. The Kier molecular flexibility index (Phi) is 8.64. The van der Waals surface area contributed by atoms with Gasteiger partial charge in [-0.1, -0.05) is 6.07 Å². The first-order chi connectivity index (χ1) is 18.1. The number of carboxylic acid groups (broad SMARTS) is 4. The van der Waals surface area contributed by atoms with Crippen molar-refractivity contribution < 1.29 is 65.9 Å². The van der Waals surface area contributed by atoms with Gasteiger partial charge in [-0.2, -0.15) is 26.3 Å². The highest BCUT2D eigenvalue weighted by Crippen LogP contribution is 2.68. The molecule has 1 saturated heterocycles. The molecule has 2 aliphatic rings. The Hall–Kier alpha value is -4.15. The largest absolute Gasteiger partial charge is 0.490 e. The van der Waals surface area contributed by atoms with Crippen molar-refractivity contribution in [2.75, 3.05) is 13.1 Å². The lowest BCUT2D eigenvalue weighted by molar-refractivity contribution is -0.193. The number of likely N-dealkylation sites (tertiary alicyclic amines) is 1. The number of nitrogens with zero attached hydrogens (tertiary/aromatic N) is 1. The van der Waals surface area contributed by atoms with E-state index in [1.165, 1.54) is 6.07 Å². The number of rotatable bonds is 4. The van der Waals surface area contributed by atoms with Crippen LogP contribution in [-0.2, 0) is 25.7 Å².